The molecule has 4 unspecified atom stereocenters. The fraction of sp³-hybridized carbons (Fsp3) is 0.943. The number of ether oxygens (including phenoxy) is 6. The van der Waals surface area contributed by atoms with E-state index in [-0.39, 0.29) is 58.6 Å². The quantitative estimate of drug-likeness (QED) is 0.314. The predicted octanol–water partition coefficient (Wildman–Crippen LogP) is 4.79. The number of rotatable bonds is 4. The third kappa shape index (κ3) is 7.51. The maximum Gasteiger partial charge on any atom is 0.112 e. The highest BCUT2D eigenvalue weighted by Crippen LogP contribution is 2.54. The molecule has 8 rings (SSSR count). The molecule has 12 radical (unpaired) electrons. The molecule has 7 heterocycles. The lowest BCUT2D eigenvalue weighted by molar-refractivity contribution is -0.115. The number of hydrogen-bond acceptors (Lipinski definition) is 7. The van der Waals surface area contributed by atoms with E-state index >= 15 is 0 Å². The van der Waals surface area contributed by atoms with Crippen LogP contribution >= 0.6 is 11.8 Å². The Balaban J connectivity index is 0.000000220. The van der Waals surface area contributed by atoms with Crippen LogP contribution in [0.2, 0.25) is 0 Å². The zero-order valence-electron chi connectivity index (χ0n) is 33.0. The lowest BCUT2D eigenvalue weighted by Gasteiger charge is -2.30. The van der Waals surface area contributed by atoms with Gasteiger partial charge >= 0.3 is 0 Å². The third-order valence-corrected chi connectivity index (χ3v) is 14.9. The summed E-state index contributed by atoms with van der Waals surface area (Å²) < 4.78 is 43.9. The highest BCUT2D eigenvalue weighted by molar-refractivity contribution is 8.00. The van der Waals surface area contributed by atoms with Crippen molar-refractivity contribution in [3.05, 3.63) is 13.2 Å². The maximum atomic E-state index is 5.85. The molecule has 1 saturated carbocycles. The van der Waals surface area contributed by atoms with Crippen molar-refractivity contribution in [2.45, 2.75) is 158 Å². The molecule has 0 aromatic rings. The first-order chi connectivity index (χ1) is 23.8. The molecule has 0 N–H and O–H groups in total. The largest absolute Gasteiger partial charge is 0.381 e. The molecular weight excluding hydrogens is 613 g/mol. The Bertz CT molecular complexity index is 883. The van der Waals surface area contributed by atoms with Gasteiger partial charge in [-0.25, -0.2) is 0 Å². The van der Waals surface area contributed by atoms with E-state index < -0.39 is 0 Å². The van der Waals surface area contributed by atoms with Crippen molar-refractivity contribution >= 4 is 58.6 Å². The zero-order chi connectivity index (χ0) is 38.2. The van der Waals surface area contributed by atoms with Gasteiger partial charge < -0.3 is 28.4 Å². The van der Waals surface area contributed by atoms with Gasteiger partial charge in [0.15, 0.2) is 0 Å². The van der Waals surface area contributed by atoms with E-state index in [1.54, 1.807) is 0 Å². The summed E-state index contributed by atoms with van der Waals surface area (Å²) in [5, 5.41) is 0.551. The van der Waals surface area contributed by atoms with Crippen molar-refractivity contribution in [1.82, 2.24) is 0 Å². The Labute approximate surface area is 308 Å². The summed E-state index contributed by atoms with van der Waals surface area (Å²) in [4.78, 5) is 0. The van der Waals surface area contributed by atoms with Gasteiger partial charge in [-0.05, 0) is 56.3 Å². The van der Waals surface area contributed by atoms with E-state index in [1.807, 2.05) is 11.8 Å². The van der Waals surface area contributed by atoms with Gasteiger partial charge in [0.2, 0.25) is 0 Å². The van der Waals surface area contributed by atoms with E-state index in [4.69, 9.17) is 62.8 Å². The molecule has 8 bridgehead atoms. The van der Waals surface area contributed by atoms with Crippen molar-refractivity contribution < 1.29 is 31.4 Å². The first-order valence-electron chi connectivity index (χ1n) is 19.2. The third-order valence-electron chi connectivity index (χ3n) is 13.2. The maximum absolute atomic E-state index is 5.85. The lowest BCUT2D eigenvalue weighted by atomic mass is 9.81. The number of fused-ring (bicyclic) bond motifs is 8. The summed E-state index contributed by atoms with van der Waals surface area (Å²) in [6, 6.07) is -0.375. The first kappa shape index (κ1) is 41.0. The smallest absolute Gasteiger partial charge is 0.112 e. The molecule has 16 atom stereocenters. The van der Waals surface area contributed by atoms with Gasteiger partial charge in [0.05, 0.1) is 47.8 Å². The van der Waals surface area contributed by atoms with Crippen LogP contribution in [0.25, 0.3) is 0 Å². The van der Waals surface area contributed by atoms with Gasteiger partial charge in [-0.3, -0.25) is 0 Å². The average Bonchev–Trinajstić information content (AvgIpc) is 4.01. The van der Waals surface area contributed by atoms with Gasteiger partial charge in [0.1, 0.15) is 31.4 Å². The SMILES string of the molecule is C=C.[2H][2H].[B][B].[B][C@@H]1O[C@@]2(CC)CC[C@H]1C2C.[B][C@@H]1O[C@@]2(CC)CO[C@H]1C2C.[B][C@@H]1O[C@@]2(CC)CS[C@H]1C2C.[B][C@@H]1O[C@]2(CC)CO[C@@H]1C2C. The fourth-order valence-electron chi connectivity index (χ4n) is 9.37. The van der Waals surface area contributed by atoms with E-state index in [2.05, 4.69) is 84.0 Å². The molecule has 7 saturated heterocycles. The van der Waals surface area contributed by atoms with Crippen LogP contribution in [0.4, 0.5) is 0 Å². The minimum absolute atomic E-state index is 0.0105. The lowest BCUT2D eigenvalue weighted by Crippen LogP contribution is -2.37. The van der Waals surface area contributed by atoms with Gasteiger partial charge in [-0.1, -0.05) is 55.4 Å². The Morgan fingerprint density at radius 3 is 1.23 bits per heavy atom. The molecule has 6 nitrogen and oxygen atoms in total. The molecule has 0 amide bonds. The zero-order valence-corrected chi connectivity index (χ0v) is 31.8. The van der Waals surface area contributed by atoms with Crippen LogP contribution in [-0.4, -0.2) is 130 Å². The van der Waals surface area contributed by atoms with Gasteiger partial charge in [-0.2, -0.15) is 11.8 Å². The molecule has 0 aromatic carbocycles. The van der Waals surface area contributed by atoms with Crippen molar-refractivity contribution in [3.63, 3.8) is 0 Å². The molecule has 1 aliphatic carbocycles. The van der Waals surface area contributed by atoms with E-state index in [9.17, 15) is 0 Å². The molecule has 8 fully saturated rings. The van der Waals surface area contributed by atoms with Crippen LogP contribution in [0.3, 0.4) is 0 Å². The van der Waals surface area contributed by atoms with Crippen molar-refractivity contribution in [1.29, 1.82) is 0 Å². The first-order valence-corrected chi connectivity index (χ1v) is 19.2. The second-order valence-corrected chi connectivity index (χ2v) is 15.9. The van der Waals surface area contributed by atoms with Crippen LogP contribution in [-0.2, 0) is 28.4 Å². The van der Waals surface area contributed by atoms with Gasteiger partial charge in [0.25, 0.3) is 0 Å². The van der Waals surface area contributed by atoms with Crippen molar-refractivity contribution in [2.24, 2.45) is 29.6 Å². The molecule has 7 aliphatic heterocycles. The highest BCUT2D eigenvalue weighted by atomic mass is 32.2. The molecule has 8 aliphatic rings. The Morgan fingerprint density at radius 1 is 0.625 bits per heavy atom. The summed E-state index contributed by atoms with van der Waals surface area (Å²) in [6.07, 6.45) is 6.99. The summed E-state index contributed by atoms with van der Waals surface area (Å²) >= 11 is 1.98. The summed E-state index contributed by atoms with van der Waals surface area (Å²) in [5.74, 6) is 4.03. The average molecular weight is 676 g/mol. The number of thioether (sulfide) groups is 1. The second kappa shape index (κ2) is 17.4. The van der Waals surface area contributed by atoms with Crippen LogP contribution in [0, 0.1) is 29.6 Å². The summed E-state index contributed by atoms with van der Waals surface area (Å²) in [6.45, 7) is 25.0. The van der Waals surface area contributed by atoms with E-state index in [1.165, 1.54) is 12.8 Å². The Hall–Kier alpha value is 0.240. The Kier molecular flexibility index (Phi) is 14.8. The van der Waals surface area contributed by atoms with Gasteiger partial charge in [-0.15, -0.1) is 13.2 Å². The fourth-order valence-corrected chi connectivity index (χ4v) is 11.2. The van der Waals surface area contributed by atoms with Crippen molar-refractivity contribution in [2.75, 3.05) is 19.0 Å². The molecule has 0 aromatic heterocycles. The van der Waals surface area contributed by atoms with E-state index in [0.717, 1.165) is 44.6 Å². The standard InChI is InChI=1S/C9H15BO.2C8H13BO2.C8H13BOS.C2H4.B2.H2/c1-3-9-5-4-7(6(9)2)8(10)11-9;2*1-3-8-4-10-6(5(8)2)7(9)11-8;1-3-8-4-11-6(5(8)2)7(9)10-8;2*1-2;/h6-8H,3-5H2,1-2H3;3*5-7H,3-4H2,1-2H3;1-2H2;;1H/t6?,7-,8+,9-;5?,6-,7+,8-;5?,6-,7-,8-;5?,6-,7+,8-;;;/m0010.../s1/i;;;;;;1+1D. The normalized spacial score (nSPS) is 51.0. The van der Waals surface area contributed by atoms with E-state index in [0.29, 0.717) is 34.8 Å². The van der Waals surface area contributed by atoms with Crippen LogP contribution in [0.15, 0.2) is 13.2 Å². The molecule has 48 heavy (non-hydrogen) atoms. The second-order valence-electron chi connectivity index (χ2n) is 14.7. The monoisotopic (exact) mass is 676 g/mol. The predicted molar refractivity (Wildman–Crippen MR) is 205 cm³/mol. The summed E-state index contributed by atoms with van der Waals surface area (Å²) in [5.41, 5.74) is 0.146. The van der Waals surface area contributed by atoms with Crippen LogP contribution < -0.4 is 0 Å². The van der Waals surface area contributed by atoms with Crippen molar-refractivity contribution in [3.8, 4) is 0 Å². The molecular formula is C35H60B6O6S. The highest BCUT2D eigenvalue weighted by Gasteiger charge is 2.58. The molecule has 13 heteroatoms. The summed E-state index contributed by atoms with van der Waals surface area (Å²) in [7, 11) is 31.1. The molecule has 260 valence electrons. The minimum Gasteiger partial charge on any atom is -0.381 e. The minimum atomic E-state index is -0.196. The van der Waals surface area contributed by atoms with Crippen LogP contribution in [0.1, 0.15) is 96.9 Å². The topological polar surface area (TPSA) is 55.4 Å². The Morgan fingerprint density at radius 2 is 1.04 bits per heavy atom. The van der Waals surface area contributed by atoms with Crippen LogP contribution in [0.5, 0.6) is 0 Å². The van der Waals surface area contributed by atoms with Gasteiger partial charge in [0, 0.05) is 65.3 Å². The number of hydrogen-bond donors (Lipinski definition) is 0. The molecule has 0 spiro atoms.